The molecular formula is C11H22N2O2. The molecule has 88 valence electrons. The van der Waals surface area contributed by atoms with E-state index < -0.39 is 11.8 Å². The first kappa shape index (κ1) is 13.9. The summed E-state index contributed by atoms with van der Waals surface area (Å²) in [5, 5.41) is 5.01. The maximum absolute atomic E-state index is 11.4. The van der Waals surface area contributed by atoms with Gasteiger partial charge in [0.15, 0.2) is 0 Å². The Morgan fingerprint density at radius 3 is 1.80 bits per heavy atom. The van der Waals surface area contributed by atoms with E-state index in [2.05, 4.69) is 31.4 Å². The van der Waals surface area contributed by atoms with Gasteiger partial charge in [0.1, 0.15) is 0 Å². The molecule has 2 N–H and O–H groups in total. The molecule has 0 aliphatic carbocycles. The largest absolute Gasteiger partial charge is 0.351 e. The molecule has 0 bridgehead atoms. The topological polar surface area (TPSA) is 58.2 Å². The number of hydrogen-bond donors (Lipinski definition) is 2. The Kier molecular flexibility index (Phi) is 4.31. The normalized spacial score (nSPS) is 12.1. The van der Waals surface area contributed by atoms with Gasteiger partial charge < -0.3 is 10.6 Å². The fraction of sp³-hybridized carbons (Fsp3) is 0.818. The number of nitrogens with one attached hydrogen (secondary N) is 2. The van der Waals surface area contributed by atoms with Crippen LogP contribution in [0.2, 0.25) is 0 Å². The van der Waals surface area contributed by atoms with E-state index in [1.54, 1.807) is 0 Å². The van der Waals surface area contributed by atoms with Crippen molar-refractivity contribution in [1.29, 1.82) is 0 Å². The Balaban J connectivity index is 4.38. The van der Waals surface area contributed by atoms with E-state index in [0.29, 0.717) is 0 Å². The SMILES string of the molecule is CNC(=O)C(=O)NC(C)(C)CC(C)(C)C. The Bertz CT molecular complexity index is 252. The molecule has 0 unspecified atom stereocenters. The number of carbonyl (C=O) groups excluding carboxylic acids is 2. The summed E-state index contributed by atoms with van der Waals surface area (Å²) in [6.07, 6.45) is 0.808. The van der Waals surface area contributed by atoms with Crippen LogP contribution in [-0.4, -0.2) is 24.4 Å². The second kappa shape index (κ2) is 4.64. The van der Waals surface area contributed by atoms with Crippen LogP contribution in [0.15, 0.2) is 0 Å². The monoisotopic (exact) mass is 214 g/mol. The van der Waals surface area contributed by atoms with Gasteiger partial charge in [-0.1, -0.05) is 20.8 Å². The third-order valence-corrected chi connectivity index (χ3v) is 1.86. The Morgan fingerprint density at radius 2 is 1.47 bits per heavy atom. The van der Waals surface area contributed by atoms with Gasteiger partial charge in [0.25, 0.3) is 0 Å². The van der Waals surface area contributed by atoms with Crippen LogP contribution >= 0.6 is 0 Å². The molecule has 0 atom stereocenters. The lowest BCUT2D eigenvalue weighted by atomic mass is 9.82. The van der Waals surface area contributed by atoms with Crippen LogP contribution in [-0.2, 0) is 9.59 Å². The van der Waals surface area contributed by atoms with Crippen LogP contribution in [0.4, 0.5) is 0 Å². The zero-order valence-electron chi connectivity index (χ0n) is 10.5. The van der Waals surface area contributed by atoms with Crippen molar-refractivity contribution in [2.45, 2.75) is 46.6 Å². The lowest BCUT2D eigenvalue weighted by Gasteiger charge is -2.32. The van der Waals surface area contributed by atoms with E-state index >= 15 is 0 Å². The van der Waals surface area contributed by atoms with Crippen molar-refractivity contribution < 1.29 is 9.59 Å². The summed E-state index contributed by atoms with van der Waals surface area (Å²) in [4.78, 5) is 22.4. The highest BCUT2D eigenvalue weighted by Gasteiger charge is 2.28. The molecule has 0 aliphatic heterocycles. The maximum atomic E-state index is 11.4. The molecular weight excluding hydrogens is 192 g/mol. The highest BCUT2D eigenvalue weighted by molar-refractivity contribution is 6.35. The lowest BCUT2D eigenvalue weighted by molar-refractivity contribution is -0.140. The van der Waals surface area contributed by atoms with Gasteiger partial charge in [-0.05, 0) is 25.7 Å². The first-order valence-electron chi connectivity index (χ1n) is 5.12. The van der Waals surface area contributed by atoms with Crippen molar-refractivity contribution in [2.75, 3.05) is 7.05 Å². The van der Waals surface area contributed by atoms with Gasteiger partial charge in [-0.2, -0.15) is 0 Å². The van der Waals surface area contributed by atoms with Crippen LogP contribution in [0.1, 0.15) is 41.0 Å². The molecule has 4 heteroatoms. The fourth-order valence-electron chi connectivity index (χ4n) is 1.85. The molecule has 0 aromatic carbocycles. The number of hydrogen-bond acceptors (Lipinski definition) is 2. The Morgan fingerprint density at radius 1 is 1.00 bits per heavy atom. The molecule has 0 aromatic heterocycles. The van der Waals surface area contributed by atoms with E-state index in [4.69, 9.17) is 0 Å². The molecule has 0 fully saturated rings. The minimum absolute atomic E-state index is 0.111. The van der Waals surface area contributed by atoms with Gasteiger partial charge >= 0.3 is 11.8 Å². The molecule has 0 aliphatic rings. The lowest BCUT2D eigenvalue weighted by Crippen LogP contribution is -2.50. The van der Waals surface area contributed by atoms with Crippen molar-refractivity contribution in [3.8, 4) is 0 Å². The van der Waals surface area contributed by atoms with E-state index in [-0.39, 0.29) is 11.0 Å². The third kappa shape index (κ3) is 6.10. The summed E-state index contributed by atoms with van der Waals surface area (Å²) in [6, 6.07) is 0. The van der Waals surface area contributed by atoms with Gasteiger partial charge in [0.2, 0.25) is 0 Å². The van der Waals surface area contributed by atoms with E-state index in [9.17, 15) is 9.59 Å². The van der Waals surface area contributed by atoms with Gasteiger partial charge in [0.05, 0.1) is 0 Å². The zero-order chi connectivity index (χ0) is 12.3. The number of rotatable bonds is 2. The molecule has 0 rings (SSSR count). The second-order valence-corrected chi connectivity index (χ2v) is 5.65. The average Bonchev–Trinajstić information content (AvgIpc) is 1.96. The van der Waals surface area contributed by atoms with E-state index in [1.165, 1.54) is 7.05 Å². The Hall–Kier alpha value is -1.06. The molecule has 15 heavy (non-hydrogen) atoms. The van der Waals surface area contributed by atoms with Gasteiger partial charge in [-0.25, -0.2) is 0 Å². The fourth-order valence-corrected chi connectivity index (χ4v) is 1.85. The molecule has 0 radical (unpaired) electrons. The molecule has 4 nitrogen and oxygen atoms in total. The van der Waals surface area contributed by atoms with Crippen molar-refractivity contribution >= 4 is 11.8 Å². The molecule has 0 saturated carbocycles. The zero-order valence-corrected chi connectivity index (χ0v) is 10.5. The summed E-state index contributed by atoms with van der Waals surface area (Å²) in [5.74, 6) is -1.18. The maximum Gasteiger partial charge on any atom is 0.309 e. The smallest absolute Gasteiger partial charge is 0.309 e. The number of carbonyl (C=O) groups is 2. The Labute approximate surface area is 91.8 Å². The third-order valence-electron chi connectivity index (χ3n) is 1.86. The second-order valence-electron chi connectivity index (χ2n) is 5.65. The summed E-state index contributed by atoms with van der Waals surface area (Å²) >= 11 is 0. The quantitative estimate of drug-likeness (QED) is 0.675. The van der Waals surface area contributed by atoms with Crippen LogP contribution in [0.25, 0.3) is 0 Å². The van der Waals surface area contributed by atoms with E-state index in [0.717, 1.165) is 6.42 Å². The standard InChI is InChI=1S/C11H22N2O2/c1-10(2,3)7-11(4,5)13-9(15)8(14)12-6/h7H2,1-6H3,(H,12,14)(H,13,15). The minimum Gasteiger partial charge on any atom is -0.351 e. The van der Waals surface area contributed by atoms with Crippen molar-refractivity contribution in [3.63, 3.8) is 0 Å². The molecule has 2 amide bonds. The highest BCUT2D eigenvalue weighted by atomic mass is 16.2. The number of likely N-dealkylation sites (N-methyl/N-ethyl adjacent to an activating group) is 1. The summed E-state index contributed by atoms with van der Waals surface area (Å²) in [7, 11) is 1.44. The van der Waals surface area contributed by atoms with Crippen molar-refractivity contribution in [1.82, 2.24) is 10.6 Å². The number of amides is 2. The van der Waals surface area contributed by atoms with Gasteiger partial charge in [0, 0.05) is 12.6 Å². The summed E-state index contributed by atoms with van der Waals surface area (Å²) < 4.78 is 0. The van der Waals surface area contributed by atoms with Crippen molar-refractivity contribution in [2.24, 2.45) is 5.41 Å². The summed E-state index contributed by atoms with van der Waals surface area (Å²) in [6.45, 7) is 10.1. The molecule has 0 heterocycles. The molecule has 0 spiro atoms. The van der Waals surface area contributed by atoms with Crippen LogP contribution in [0.5, 0.6) is 0 Å². The minimum atomic E-state index is -0.600. The van der Waals surface area contributed by atoms with E-state index in [1.807, 2.05) is 13.8 Å². The molecule has 0 aromatic rings. The van der Waals surface area contributed by atoms with Crippen molar-refractivity contribution in [3.05, 3.63) is 0 Å². The predicted octanol–water partition coefficient (Wildman–Crippen LogP) is 1.06. The highest BCUT2D eigenvalue weighted by Crippen LogP contribution is 2.26. The average molecular weight is 214 g/mol. The first-order valence-corrected chi connectivity index (χ1v) is 5.12. The first-order chi connectivity index (χ1) is 6.57. The van der Waals surface area contributed by atoms with Crippen LogP contribution < -0.4 is 10.6 Å². The molecule has 0 saturated heterocycles. The van der Waals surface area contributed by atoms with Gasteiger partial charge in [-0.15, -0.1) is 0 Å². The predicted molar refractivity (Wildman–Crippen MR) is 60.4 cm³/mol. The van der Waals surface area contributed by atoms with Gasteiger partial charge in [-0.3, -0.25) is 9.59 Å². The van der Waals surface area contributed by atoms with Crippen LogP contribution in [0.3, 0.4) is 0 Å². The summed E-state index contributed by atoms with van der Waals surface area (Å²) in [5.41, 5.74) is -0.263. The van der Waals surface area contributed by atoms with Crippen LogP contribution in [0, 0.1) is 5.41 Å².